The number of aliphatic imine (C=N–C) groups is 1. The quantitative estimate of drug-likeness (QED) is 0.192. The Morgan fingerprint density at radius 2 is 1.64 bits per heavy atom. The number of amides is 1. The van der Waals surface area contributed by atoms with Crippen LogP contribution in [0.1, 0.15) is 24.5 Å². The van der Waals surface area contributed by atoms with Crippen molar-refractivity contribution in [3.8, 4) is 5.75 Å². The summed E-state index contributed by atoms with van der Waals surface area (Å²) in [4.78, 5) is 20.3. The summed E-state index contributed by atoms with van der Waals surface area (Å²) in [6.45, 7) is 3.24. The largest absolute Gasteiger partial charge is 0.487 e. The van der Waals surface area contributed by atoms with Crippen LogP contribution in [0.2, 0.25) is 0 Å². The molecule has 4 rings (SSSR count). The van der Waals surface area contributed by atoms with Crippen LogP contribution in [-0.4, -0.2) is 22.5 Å². The number of halogens is 2. The molecule has 0 saturated carbocycles. The molecule has 0 bridgehead atoms. The molecule has 0 spiro atoms. The third-order valence-corrected chi connectivity index (χ3v) is 7.47. The van der Waals surface area contributed by atoms with Crippen molar-refractivity contribution in [2.24, 2.45) is 4.99 Å². The lowest BCUT2D eigenvalue weighted by molar-refractivity contribution is -0.122. The van der Waals surface area contributed by atoms with Gasteiger partial charge in [-0.25, -0.2) is 4.99 Å². The molecular formula is C26H22I2N2O2S. The van der Waals surface area contributed by atoms with Gasteiger partial charge in [-0.05, 0) is 105 Å². The fourth-order valence-electron chi connectivity index (χ4n) is 3.31. The summed E-state index contributed by atoms with van der Waals surface area (Å²) < 4.78 is 8.13. The first-order chi connectivity index (χ1) is 16.0. The van der Waals surface area contributed by atoms with Crippen molar-refractivity contribution in [1.82, 2.24) is 4.90 Å². The summed E-state index contributed by atoms with van der Waals surface area (Å²) in [5, 5.41) is 0.728. The van der Waals surface area contributed by atoms with Gasteiger partial charge >= 0.3 is 0 Å². The molecule has 0 aliphatic carbocycles. The van der Waals surface area contributed by atoms with Gasteiger partial charge in [0, 0.05) is 6.54 Å². The lowest BCUT2D eigenvalue weighted by Crippen LogP contribution is -2.29. The predicted octanol–water partition coefficient (Wildman–Crippen LogP) is 7.49. The monoisotopic (exact) mass is 680 g/mol. The summed E-state index contributed by atoms with van der Waals surface area (Å²) >= 11 is 6.03. The molecule has 1 amide bonds. The lowest BCUT2D eigenvalue weighted by atomic mass is 10.2. The van der Waals surface area contributed by atoms with Crippen LogP contribution in [0.5, 0.6) is 5.75 Å². The summed E-state index contributed by atoms with van der Waals surface area (Å²) in [5.74, 6) is 0.873. The van der Waals surface area contributed by atoms with Crippen molar-refractivity contribution in [1.29, 1.82) is 0 Å². The zero-order valence-corrected chi connectivity index (χ0v) is 23.1. The second kappa shape index (κ2) is 11.5. The van der Waals surface area contributed by atoms with Crippen LogP contribution in [-0.2, 0) is 11.4 Å². The van der Waals surface area contributed by atoms with Gasteiger partial charge in [0.2, 0.25) is 0 Å². The molecule has 1 aliphatic heterocycles. The van der Waals surface area contributed by atoms with Crippen LogP contribution in [0, 0.1) is 7.14 Å². The summed E-state index contributed by atoms with van der Waals surface area (Å²) in [5.41, 5.74) is 2.95. The molecule has 7 heteroatoms. The maximum Gasteiger partial charge on any atom is 0.266 e. The number of ether oxygens (including phenoxy) is 1. The minimum Gasteiger partial charge on any atom is -0.487 e. The number of benzene rings is 3. The molecule has 33 heavy (non-hydrogen) atoms. The van der Waals surface area contributed by atoms with Gasteiger partial charge in [-0.3, -0.25) is 9.69 Å². The Bertz CT molecular complexity index is 1170. The van der Waals surface area contributed by atoms with Crippen molar-refractivity contribution >= 4 is 79.8 Å². The normalized spacial score (nSPS) is 16.1. The Labute approximate surface area is 225 Å². The fourth-order valence-corrected chi connectivity index (χ4v) is 6.46. The molecule has 3 aromatic rings. The van der Waals surface area contributed by atoms with Crippen LogP contribution in [0.4, 0.5) is 5.69 Å². The van der Waals surface area contributed by atoms with Crippen LogP contribution in [0.3, 0.4) is 0 Å². The van der Waals surface area contributed by atoms with E-state index in [1.54, 1.807) is 4.90 Å². The van der Waals surface area contributed by atoms with E-state index >= 15 is 0 Å². The molecule has 1 saturated heterocycles. The van der Waals surface area contributed by atoms with Gasteiger partial charge in [0.05, 0.1) is 17.7 Å². The maximum atomic E-state index is 13.1. The van der Waals surface area contributed by atoms with E-state index in [9.17, 15) is 4.79 Å². The van der Waals surface area contributed by atoms with E-state index in [4.69, 9.17) is 9.73 Å². The molecule has 0 aromatic heterocycles. The molecule has 1 aliphatic rings. The van der Waals surface area contributed by atoms with Crippen molar-refractivity contribution in [3.63, 3.8) is 0 Å². The highest BCUT2D eigenvalue weighted by molar-refractivity contribution is 14.1. The fraction of sp³-hybridized carbons (Fsp3) is 0.154. The molecule has 0 N–H and O–H groups in total. The number of hydrogen-bond donors (Lipinski definition) is 0. The molecule has 4 nitrogen and oxygen atoms in total. The summed E-state index contributed by atoms with van der Waals surface area (Å²) in [6, 6.07) is 24.0. The highest BCUT2D eigenvalue weighted by Gasteiger charge is 2.32. The number of nitrogens with zero attached hydrogens (tertiary/aromatic N) is 2. The third kappa shape index (κ3) is 6.19. The van der Waals surface area contributed by atoms with E-state index < -0.39 is 0 Å². The smallest absolute Gasteiger partial charge is 0.266 e. The topological polar surface area (TPSA) is 41.9 Å². The van der Waals surface area contributed by atoms with E-state index in [-0.39, 0.29) is 5.91 Å². The first-order valence-corrected chi connectivity index (χ1v) is 13.5. The number of carbonyl (C=O) groups excluding carboxylic acids is 1. The van der Waals surface area contributed by atoms with Gasteiger partial charge in [-0.15, -0.1) is 0 Å². The molecule has 3 aromatic carbocycles. The summed E-state index contributed by atoms with van der Waals surface area (Å²) in [7, 11) is 0. The molecule has 168 valence electrons. The van der Waals surface area contributed by atoms with E-state index in [1.807, 2.05) is 54.6 Å². The van der Waals surface area contributed by atoms with Crippen LogP contribution in [0.15, 0.2) is 82.7 Å². The van der Waals surface area contributed by atoms with Gasteiger partial charge in [0.1, 0.15) is 12.4 Å². The van der Waals surface area contributed by atoms with Crippen molar-refractivity contribution in [3.05, 3.63) is 96.0 Å². The van der Waals surface area contributed by atoms with Crippen molar-refractivity contribution < 1.29 is 9.53 Å². The number of amidine groups is 1. The molecule has 0 radical (unpaired) electrons. The Hall–Kier alpha value is -1.85. The number of rotatable bonds is 7. The SMILES string of the molecule is CCCN1C(=O)/C(=C\c2cc(I)c(OCc3ccccc3)c(I)c2)SC1=Nc1ccccc1. The van der Waals surface area contributed by atoms with Crippen LogP contribution >= 0.6 is 56.9 Å². The molecule has 0 atom stereocenters. The van der Waals surface area contributed by atoms with Gasteiger partial charge in [-0.2, -0.15) is 0 Å². The molecule has 1 heterocycles. The Morgan fingerprint density at radius 1 is 1.00 bits per heavy atom. The van der Waals surface area contributed by atoms with Gasteiger partial charge in [-0.1, -0.05) is 55.5 Å². The second-order valence-electron chi connectivity index (χ2n) is 7.39. The molecular weight excluding hydrogens is 658 g/mol. The van der Waals surface area contributed by atoms with Gasteiger partial charge < -0.3 is 4.74 Å². The zero-order valence-electron chi connectivity index (χ0n) is 18.0. The molecule has 1 fully saturated rings. The number of para-hydroxylation sites is 1. The van der Waals surface area contributed by atoms with E-state index in [2.05, 4.69) is 76.4 Å². The van der Waals surface area contributed by atoms with Gasteiger partial charge in [0.25, 0.3) is 5.91 Å². The Balaban J connectivity index is 1.57. The number of carbonyl (C=O) groups is 1. The standard InChI is InChI=1S/C26H22I2N2O2S/c1-2-13-30-25(31)23(33-26(30)29-20-11-7-4-8-12-20)16-19-14-21(27)24(22(28)15-19)32-17-18-9-5-3-6-10-18/h3-12,14-16H,2,13,17H2,1H3/b23-16+,29-26?. The van der Waals surface area contributed by atoms with Crippen molar-refractivity contribution in [2.75, 3.05) is 6.54 Å². The highest BCUT2D eigenvalue weighted by atomic mass is 127. The predicted molar refractivity (Wildman–Crippen MR) is 154 cm³/mol. The average Bonchev–Trinajstić information content (AvgIpc) is 3.09. The van der Waals surface area contributed by atoms with Crippen LogP contribution < -0.4 is 4.74 Å². The zero-order chi connectivity index (χ0) is 23.2. The lowest BCUT2D eigenvalue weighted by Gasteiger charge is -2.14. The Morgan fingerprint density at radius 3 is 2.27 bits per heavy atom. The van der Waals surface area contributed by atoms with Gasteiger partial charge in [0.15, 0.2) is 5.17 Å². The van der Waals surface area contributed by atoms with Crippen molar-refractivity contribution in [2.45, 2.75) is 20.0 Å². The second-order valence-corrected chi connectivity index (χ2v) is 10.7. The minimum atomic E-state index is 0.00551. The Kier molecular flexibility index (Phi) is 8.48. The minimum absolute atomic E-state index is 0.00551. The number of thioether (sulfide) groups is 1. The van der Waals surface area contributed by atoms with Crippen LogP contribution in [0.25, 0.3) is 6.08 Å². The highest BCUT2D eigenvalue weighted by Crippen LogP contribution is 2.36. The summed E-state index contributed by atoms with van der Waals surface area (Å²) in [6.07, 6.45) is 2.82. The average molecular weight is 680 g/mol. The number of hydrogen-bond acceptors (Lipinski definition) is 4. The van der Waals surface area contributed by atoms with E-state index in [1.165, 1.54) is 11.8 Å². The first-order valence-electron chi connectivity index (χ1n) is 10.6. The maximum absolute atomic E-state index is 13.1. The third-order valence-electron chi connectivity index (χ3n) is 4.86. The first kappa shape index (κ1) is 24.3. The van der Waals surface area contributed by atoms with E-state index in [0.29, 0.717) is 18.1 Å². The van der Waals surface area contributed by atoms with E-state index in [0.717, 1.165) is 41.3 Å². The molecule has 0 unspecified atom stereocenters.